The monoisotopic (exact) mass is 498 g/mol. The van der Waals surface area contributed by atoms with E-state index in [1.807, 2.05) is 36.4 Å². The number of nitrogens with zero attached hydrogens (tertiary/aromatic N) is 2. The number of halogens is 1. The smallest absolute Gasteiger partial charge is 0.303 e. The number of aromatic nitrogens is 2. The molecule has 1 N–H and O–H groups in total. The summed E-state index contributed by atoms with van der Waals surface area (Å²) in [5.74, 6) is 1.44. The quantitative estimate of drug-likeness (QED) is 0.270. The molecule has 35 heavy (non-hydrogen) atoms. The van der Waals surface area contributed by atoms with Crippen molar-refractivity contribution in [1.82, 2.24) is 9.55 Å². The van der Waals surface area contributed by atoms with Crippen molar-refractivity contribution in [2.24, 2.45) is 0 Å². The molecule has 1 aliphatic rings. The molecular formula is C27H26ClN3NaO3. The Balaban J connectivity index is 0.00000289. The molecule has 0 saturated heterocycles. The van der Waals surface area contributed by atoms with E-state index in [0.717, 1.165) is 46.0 Å². The predicted molar refractivity (Wildman–Crippen MR) is 140 cm³/mol. The molecular weight excluding hydrogens is 473 g/mol. The summed E-state index contributed by atoms with van der Waals surface area (Å²) in [6, 6.07) is 18.0. The minimum absolute atomic E-state index is 0. The summed E-state index contributed by atoms with van der Waals surface area (Å²) in [5.41, 5.74) is 7.25. The number of carbonyl (C=O) groups is 1. The van der Waals surface area contributed by atoms with Crippen LogP contribution in [0.3, 0.4) is 0 Å². The maximum atomic E-state index is 11.3. The van der Waals surface area contributed by atoms with Gasteiger partial charge in [-0.15, -0.1) is 0 Å². The van der Waals surface area contributed by atoms with Crippen LogP contribution in [0.2, 0.25) is 5.02 Å². The Hall–Kier alpha value is -2.51. The van der Waals surface area contributed by atoms with Crippen LogP contribution >= 0.6 is 11.6 Å². The van der Waals surface area contributed by atoms with Crippen molar-refractivity contribution in [3.8, 4) is 11.4 Å². The van der Waals surface area contributed by atoms with Crippen LogP contribution in [-0.4, -0.2) is 51.7 Å². The number of anilines is 1. The van der Waals surface area contributed by atoms with Gasteiger partial charge in [0, 0.05) is 71.8 Å². The molecule has 1 radical (unpaired) electrons. The molecule has 0 aliphatic carbocycles. The van der Waals surface area contributed by atoms with Crippen molar-refractivity contribution in [3.05, 3.63) is 82.1 Å². The van der Waals surface area contributed by atoms with Crippen LogP contribution < -0.4 is 10.1 Å². The molecule has 0 fully saturated rings. The number of hydrogen-bond donors (Lipinski definition) is 1. The van der Waals surface area contributed by atoms with Crippen LogP contribution in [0.25, 0.3) is 16.7 Å². The summed E-state index contributed by atoms with van der Waals surface area (Å²) in [6.07, 6.45) is 0.476. The van der Waals surface area contributed by atoms with Gasteiger partial charge < -0.3 is 14.8 Å². The first-order chi connectivity index (χ1) is 16.4. The number of aryl methyl sites for hydroxylation is 1. The number of rotatable bonds is 6. The van der Waals surface area contributed by atoms with Crippen LogP contribution in [0.1, 0.15) is 42.5 Å². The van der Waals surface area contributed by atoms with Crippen LogP contribution in [0.4, 0.5) is 5.69 Å². The molecule has 1 aliphatic heterocycles. The zero-order chi connectivity index (χ0) is 23.8. The number of fused-ring (bicyclic) bond motifs is 2. The van der Waals surface area contributed by atoms with Gasteiger partial charge in [-0.1, -0.05) is 30.7 Å². The second-order valence-corrected chi connectivity index (χ2v) is 8.86. The third kappa shape index (κ3) is 5.07. The van der Waals surface area contributed by atoms with Gasteiger partial charge in [-0.3, -0.25) is 9.36 Å². The molecule has 5 rings (SSSR count). The molecule has 0 bridgehead atoms. The first kappa shape index (κ1) is 25.6. The van der Waals surface area contributed by atoms with Gasteiger partial charge in [-0.25, -0.2) is 4.98 Å². The van der Waals surface area contributed by atoms with Crippen molar-refractivity contribution in [3.63, 3.8) is 0 Å². The Labute approximate surface area is 231 Å². The molecule has 1 atom stereocenters. The largest absolute Gasteiger partial charge is 0.489 e. The Morgan fingerprint density at radius 1 is 1.23 bits per heavy atom. The molecule has 1 aromatic heterocycles. The molecule has 4 aromatic rings. The van der Waals surface area contributed by atoms with E-state index in [1.165, 1.54) is 18.1 Å². The molecule has 0 unspecified atom stereocenters. The Morgan fingerprint density at radius 2 is 2.06 bits per heavy atom. The molecule has 175 valence electrons. The Kier molecular flexibility index (Phi) is 7.77. The molecule has 6 nitrogen and oxygen atoms in total. The van der Waals surface area contributed by atoms with E-state index >= 15 is 0 Å². The standard InChI is InChI=1S/C27H26ClN3O3.Na/c1-4-27-30-22-11-8-19(28)12-24(22)31(27)23-7-5-6-18(16(23)2)14-29-20-9-10-21-25(13-20)33-15-26(21)34-17(3)32;/h5-13,26,29H,4,14-15H2,1-3H3;/t26-;/m1./s1. The normalized spacial score (nSPS) is 14.2. The molecule has 3 aromatic carbocycles. The summed E-state index contributed by atoms with van der Waals surface area (Å²) >= 11 is 6.31. The predicted octanol–water partition coefficient (Wildman–Crippen LogP) is 5.78. The van der Waals surface area contributed by atoms with E-state index in [9.17, 15) is 4.79 Å². The van der Waals surface area contributed by atoms with E-state index < -0.39 is 0 Å². The Morgan fingerprint density at radius 3 is 2.83 bits per heavy atom. The third-order valence-corrected chi connectivity index (χ3v) is 6.44. The average Bonchev–Trinajstić information content (AvgIpc) is 3.38. The van der Waals surface area contributed by atoms with E-state index in [0.29, 0.717) is 18.2 Å². The summed E-state index contributed by atoms with van der Waals surface area (Å²) in [5, 5.41) is 4.20. The summed E-state index contributed by atoms with van der Waals surface area (Å²) in [7, 11) is 0. The first-order valence-electron chi connectivity index (χ1n) is 11.4. The number of nitrogens with one attached hydrogen (secondary N) is 1. The van der Waals surface area contributed by atoms with Crippen molar-refractivity contribution >= 4 is 63.8 Å². The maximum Gasteiger partial charge on any atom is 0.303 e. The fraction of sp³-hybridized carbons (Fsp3) is 0.259. The zero-order valence-corrected chi connectivity index (χ0v) is 23.1. The SMILES string of the molecule is CCc1nc2ccc(Cl)cc2n1-c1cccc(CNc2ccc3c(c2)OC[C@H]3OC(C)=O)c1C.[Na]. The van der Waals surface area contributed by atoms with Crippen molar-refractivity contribution in [2.45, 2.75) is 39.8 Å². The Bertz CT molecular complexity index is 1400. The first-order valence-corrected chi connectivity index (χ1v) is 11.8. The van der Waals surface area contributed by atoms with Gasteiger partial charge in [0.05, 0.1) is 16.7 Å². The maximum absolute atomic E-state index is 11.3. The molecule has 2 heterocycles. The number of esters is 1. The van der Waals surface area contributed by atoms with Gasteiger partial charge in [0.25, 0.3) is 0 Å². The minimum Gasteiger partial charge on any atom is -0.489 e. The number of imidazole rings is 1. The second kappa shape index (κ2) is 10.6. The van der Waals surface area contributed by atoms with E-state index in [-0.39, 0.29) is 41.6 Å². The van der Waals surface area contributed by atoms with Gasteiger partial charge in [-0.05, 0) is 54.4 Å². The zero-order valence-electron chi connectivity index (χ0n) is 20.4. The number of ether oxygens (including phenoxy) is 2. The average molecular weight is 499 g/mol. The van der Waals surface area contributed by atoms with Crippen molar-refractivity contribution in [2.75, 3.05) is 11.9 Å². The molecule has 0 spiro atoms. The number of hydrogen-bond acceptors (Lipinski definition) is 5. The van der Waals surface area contributed by atoms with Crippen LogP contribution in [0, 0.1) is 6.92 Å². The van der Waals surface area contributed by atoms with Crippen LogP contribution in [0.15, 0.2) is 54.6 Å². The van der Waals surface area contributed by atoms with Gasteiger partial charge in [0.1, 0.15) is 18.2 Å². The van der Waals surface area contributed by atoms with E-state index in [2.05, 4.69) is 41.9 Å². The van der Waals surface area contributed by atoms with Crippen LogP contribution in [-0.2, 0) is 22.5 Å². The fourth-order valence-corrected chi connectivity index (χ4v) is 4.66. The topological polar surface area (TPSA) is 65.4 Å². The summed E-state index contributed by atoms with van der Waals surface area (Å²) in [4.78, 5) is 16.1. The van der Waals surface area contributed by atoms with Gasteiger partial charge in [0.2, 0.25) is 0 Å². The molecule has 8 heteroatoms. The van der Waals surface area contributed by atoms with Crippen molar-refractivity contribution in [1.29, 1.82) is 0 Å². The third-order valence-electron chi connectivity index (χ3n) is 6.20. The van der Waals surface area contributed by atoms with Crippen molar-refractivity contribution < 1.29 is 14.3 Å². The second-order valence-electron chi connectivity index (χ2n) is 8.43. The fourth-order valence-electron chi connectivity index (χ4n) is 4.49. The van der Waals surface area contributed by atoms with Gasteiger partial charge in [-0.2, -0.15) is 0 Å². The van der Waals surface area contributed by atoms with E-state index in [1.54, 1.807) is 0 Å². The number of carbonyl (C=O) groups excluding carboxylic acids is 1. The minimum atomic E-state index is -0.341. The number of benzene rings is 3. The van der Waals surface area contributed by atoms with Gasteiger partial charge >= 0.3 is 5.97 Å². The molecule has 0 amide bonds. The summed E-state index contributed by atoms with van der Waals surface area (Å²) < 4.78 is 13.3. The molecule has 0 saturated carbocycles. The van der Waals surface area contributed by atoms with E-state index in [4.69, 9.17) is 26.1 Å². The summed E-state index contributed by atoms with van der Waals surface area (Å²) in [6.45, 7) is 6.66. The van der Waals surface area contributed by atoms with Gasteiger partial charge in [0.15, 0.2) is 6.10 Å². The van der Waals surface area contributed by atoms with Crippen LogP contribution in [0.5, 0.6) is 5.75 Å².